The molecule has 2 heterocycles. The van der Waals surface area contributed by atoms with Crippen molar-refractivity contribution < 1.29 is 21.9 Å². The first-order valence-corrected chi connectivity index (χ1v) is 8.93. The van der Waals surface area contributed by atoms with Gasteiger partial charge in [0.2, 0.25) is 11.8 Å². The minimum atomic E-state index is -4.59. The highest BCUT2D eigenvalue weighted by Crippen LogP contribution is 2.34. The van der Waals surface area contributed by atoms with Crippen LogP contribution < -0.4 is 9.80 Å². The van der Waals surface area contributed by atoms with E-state index in [4.69, 9.17) is 0 Å². The normalized spacial score (nSPS) is 21.0. The zero-order chi connectivity index (χ0) is 16.8. The van der Waals surface area contributed by atoms with Gasteiger partial charge in [0.05, 0.1) is 5.75 Å². The Balaban J connectivity index is 1.81. The van der Waals surface area contributed by atoms with E-state index in [-0.39, 0.29) is 24.8 Å². The molecule has 0 spiro atoms. The monoisotopic (exact) mass is 340 g/mol. The number of fused-ring (bicyclic) bond motifs is 1. The molecule has 2 amide bonds. The van der Waals surface area contributed by atoms with Gasteiger partial charge >= 0.3 is 10.2 Å². The van der Waals surface area contributed by atoms with Gasteiger partial charge in [-0.1, -0.05) is 0 Å². The van der Waals surface area contributed by atoms with Crippen LogP contribution in [0.2, 0.25) is 0 Å². The van der Waals surface area contributed by atoms with Gasteiger partial charge in [0.15, 0.2) is 0 Å². The van der Waals surface area contributed by atoms with Crippen molar-refractivity contribution in [2.45, 2.75) is 19.8 Å². The minimum Gasteiger partial charge on any atom is -0.312 e. The molecule has 1 aromatic rings. The van der Waals surface area contributed by atoms with E-state index >= 15 is 0 Å². The summed E-state index contributed by atoms with van der Waals surface area (Å²) in [5.74, 6) is -1.39. The van der Waals surface area contributed by atoms with E-state index < -0.39 is 21.9 Å². The molecule has 2 aliphatic rings. The molecule has 1 atom stereocenters. The molecule has 0 saturated carbocycles. The van der Waals surface area contributed by atoms with Crippen LogP contribution in [0.1, 0.15) is 18.9 Å². The molecule has 6 nitrogen and oxygen atoms in total. The molecule has 0 aromatic heterocycles. The standard InChI is InChI=1S/C15H17FN2O4S/c1-10(19)17-5-4-12-7-13(2-3-14(12)17)18-8-11(6-15(18)20)9-23(16,21)22/h2-3,7,11H,4-6,8-9H2,1H3. The van der Waals surface area contributed by atoms with Gasteiger partial charge in [0.25, 0.3) is 0 Å². The summed E-state index contributed by atoms with van der Waals surface area (Å²) in [6, 6.07) is 5.39. The van der Waals surface area contributed by atoms with Gasteiger partial charge in [-0.05, 0) is 30.2 Å². The van der Waals surface area contributed by atoms with Gasteiger partial charge < -0.3 is 9.80 Å². The van der Waals surface area contributed by atoms with Crippen LogP contribution in [0, 0.1) is 5.92 Å². The van der Waals surface area contributed by atoms with Crippen LogP contribution in [-0.4, -0.2) is 39.1 Å². The number of carbonyl (C=O) groups is 2. The van der Waals surface area contributed by atoms with Crippen molar-refractivity contribution >= 4 is 33.4 Å². The first-order chi connectivity index (χ1) is 10.7. The zero-order valence-corrected chi connectivity index (χ0v) is 13.5. The number of anilines is 2. The highest BCUT2D eigenvalue weighted by atomic mass is 32.3. The molecule has 124 valence electrons. The lowest BCUT2D eigenvalue weighted by Gasteiger charge is -2.19. The summed E-state index contributed by atoms with van der Waals surface area (Å²) in [6.07, 6.45) is 0.743. The van der Waals surface area contributed by atoms with E-state index in [1.165, 1.54) is 11.8 Å². The lowest BCUT2D eigenvalue weighted by atomic mass is 10.1. The summed E-state index contributed by atoms with van der Waals surface area (Å²) >= 11 is 0. The van der Waals surface area contributed by atoms with Gasteiger partial charge in [0.1, 0.15) is 0 Å². The van der Waals surface area contributed by atoms with Crippen molar-refractivity contribution in [2.24, 2.45) is 5.92 Å². The molecular formula is C15H17FN2O4S. The van der Waals surface area contributed by atoms with E-state index in [1.807, 2.05) is 6.07 Å². The predicted octanol–water partition coefficient (Wildman–Crippen LogP) is 1.25. The van der Waals surface area contributed by atoms with E-state index in [9.17, 15) is 21.9 Å². The largest absolute Gasteiger partial charge is 0.312 e. The molecule has 0 aliphatic carbocycles. The number of halogens is 1. The van der Waals surface area contributed by atoms with Gasteiger partial charge in [-0.2, -0.15) is 8.42 Å². The van der Waals surface area contributed by atoms with Crippen LogP contribution in [0.15, 0.2) is 18.2 Å². The second-order valence-corrected chi connectivity index (χ2v) is 7.42. The van der Waals surface area contributed by atoms with Gasteiger partial charge in [0, 0.05) is 43.7 Å². The summed E-state index contributed by atoms with van der Waals surface area (Å²) < 4.78 is 34.3. The highest BCUT2D eigenvalue weighted by molar-refractivity contribution is 7.86. The van der Waals surface area contributed by atoms with Crippen LogP contribution in [0.25, 0.3) is 0 Å². The molecule has 0 N–H and O–H groups in total. The Labute approximate surface area is 134 Å². The fraction of sp³-hybridized carbons (Fsp3) is 0.467. The van der Waals surface area contributed by atoms with Crippen LogP contribution in [0.5, 0.6) is 0 Å². The van der Waals surface area contributed by atoms with Gasteiger partial charge in [-0.25, -0.2) is 0 Å². The highest BCUT2D eigenvalue weighted by Gasteiger charge is 2.34. The number of nitrogens with zero attached hydrogens (tertiary/aromatic N) is 2. The van der Waals surface area contributed by atoms with Gasteiger partial charge in [-0.3, -0.25) is 9.59 Å². The number of carbonyl (C=O) groups excluding carboxylic acids is 2. The summed E-state index contributed by atoms with van der Waals surface area (Å²) in [5, 5.41) is 0. The molecule has 1 fully saturated rings. The van der Waals surface area contributed by atoms with Crippen LogP contribution in [0.4, 0.5) is 15.3 Å². The SMILES string of the molecule is CC(=O)N1CCc2cc(N3CC(CS(=O)(=O)F)CC3=O)ccc21. The third-order valence-corrected chi connectivity index (χ3v) is 5.16. The van der Waals surface area contributed by atoms with Crippen molar-refractivity contribution in [3.8, 4) is 0 Å². The number of rotatable bonds is 3. The molecule has 0 bridgehead atoms. The smallest absolute Gasteiger partial charge is 0.302 e. The Bertz CT molecular complexity index is 778. The number of benzene rings is 1. The van der Waals surface area contributed by atoms with Gasteiger partial charge in [-0.15, -0.1) is 3.89 Å². The Hall–Kier alpha value is -1.96. The third kappa shape index (κ3) is 3.21. The Morgan fingerprint density at radius 1 is 1.39 bits per heavy atom. The molecule has 1 aromatic carbocycles. The second-order valence-electron chi connectivity index (χ2n) is 6.01. The van der Waals surface area contributed by atoms with Crippen molar-refractivity contribution in [1.29, 1.82) is 0 Å². The molecule has 1 saturated heterocycles. The minimum absolute atomic E-state index is 0.0260. The Morgan fingerprint density at radius 2 is 2.13 bits per heavy atom. The molecule has 8 heteroatoms. The number of hydrogen-bond donors (Lipinski definition) is 0. The third-order valence-electron chi connectivity index (χ3n) is 4.29. The Morgan fingerprint density at radius 3 is 2.78 bits per heavy atom. The van der Waals surface area contributed by atoms with Crippen LogP contribution >= 0.6 is 0 Å². The molecule has 2 aliphatic heterocycles. The maximum absolute atomic E-state index is 12.8. The maximum atomic E-state index is 12.8. The Kier molecular flexibility index (Phi) is 3.87. The quantitative estimate of drug-likeness (QED) is 0.776. The van der Waals surface area contributed by atoms with Crippen molar-refractivity contribution in [3.63, 3.8) is 0 Å². The summed E-state index contributed by atoms with van der Waals surface area (Å²) in [5.41, 5.74) is 2.49. The van der Waals surface area contributed by atoms with Crippen molar-refractivity contribution in [1.82, 2.24) is 0 Å². The lowest BCUT2D eigenvalue weighted by Crippen LogP contribution is -2.26. The van der Waals surface area contributed by atoms with E-state index in [1.54, 1.807) is 17.0 Å². The van der Waals surface area contributed by atoms with Crippen molar-refractivity contribution in [2.75, 3.05) is 28.6 Å². The summed E-state index contributed by atoms with van der Waals surface area (Å²) in [4.78, 5) is 26.8. The van der Waals surface area contributed by atoms with Crippen molar-refractivity contribution in [3.05, 3.63) is 23.8 Å². The fourth-order valence-electron chi connectivity index (χ4n) is 3.31. The first-order valence-electron chi connectivity index (χ1n) is 7.38. The average molecular weight is 340 g/mol. The second kappa shape index (κ2) is 5.59. The van der Waals surface area contributed by atoms with E-state index in [0.717, 1.165) is 11.3 Å². The van der Waals surface area contributed by atoms with E-state index in [2.05, 4.69) is 0 Å². The lowest BCUT2D eigenvalue weighted by molar-refractivity contribution is -0.117. The maximum Gasteiger partial charge on any atom is 0.302 e. The van der Waals surface area contributed by atoms with E-state index in [0.29, 0.717) is 18.7 Å². The molecular weight excluding hydrogens is 323 g/mol. The number of amides is 2. The summed E-state index contributed by atoms with van der Waals surface area (Å²) in [7, 11) is -4.59. The molecule has 23 heavy (non-hydrogen) atoms. The molecule has 1 unspecified atom stereocenters. The van der Waals surface area contributed by atoms with Crippen LogP contribution in [0.3, 0.4) is 0 Å². The zero-order valence-electron chi connectivity index (χ0n) is 12.7. The van der Waals surface area contributed by atoms with Crippen LogP contribution in [-0.2, 0) is 26.2 Å². The molecule has 0 radical (unpaired) electrons. The molecule has 3 rings (SSSR count). The predicted molar refractivity (Wildman–Crippen MR) is 83.5 cm³/mol. The first kappa shape index (κ1) is 15.9. The average Bonchev–Trinajstić information content (AvgIpc) is 2.99. The number of hydrogen-bond acceptors (Lipinski definition) is 4. The fourth-order valence-corrected chi connectivity index (χ4v) is 4.09. The summed E-state index contributed by atoms with van der Waals surface area (Å²) in [6.45, 7) is 2.32. The topological polar surface area (TPSA) is 74.8 Å².